The van der Waals surface area contributed by atoms with E-state index in [-0.39, 0.29) is 17.5 Å². The largest absolute Gasteiger partial charge is 0.348 e. The number of carbonyl (C=O) groups excluding carboxylic acids is 1. The van der Waals surface area contributed by atoms with Gasteiger partial charge in [0.25, 0.3) is 5.91 Å². The average molecular weight is 327 g/mol. The molecule has 1 fully saturated rings. The third kappa shape index (κ3) is 4.68. The van der Waals surface area contributed by atoms with Crippen LogP contribution in [0.1, 0.15) is 37.6 Å². The van der Waals surface area contributed by atoms with E-state index in [0.29, 0.717) is 16.9 Å². The first-order valence-electron chi connectivity index (χ1n) is 7.83. The summed E-state index contributed by atoms with van der Waals surface area (Å²) in [6.07, 6.45) is 1.26. The van der Waals surface area contributed by atoms with Gasteiger partial charge in [-0.05, 0) is 43.4 Å². The number of amides is 1. The smallest absolute Gasteiger partial charge is 0.254 e. The number of nitrogens with one attached hydrogen (secondary N) is 1. The molecule has 2 rings (SSSR count). The summed E-state index contributed by atoms with van der Waals surface area (Å²) in [5, 5.41) is 3.16. The van der Waals surface area contributed by atoms with Crippen LogP contribution in [0, 0.1) is 17.7 Å². The molecule has 0 spiro atoms. The van der Waals surface area contributed by atoms with Gasteiger partial charge in [-0.3, -0.25) is 4.79 Å². The summed E-state index contributed by atoms with van der Waals surface area (Å²) in [6.45, 7) is 9.37. The number of nitrogens with zero attached hydrogens (tertiary/aromatic N) is 1. The Hall–Kier alpha value is -1.13. The van der Waals surface area contributed by atoms with E-state index in [4.69, 9.17) is 11.6 Å². The van der Waals surface area contributed by atoms with Crippen molar-refractivity contribution in [3.8, 4) is 0 Å². The van der Waals surface area contributed by atoms with Gasteiger partial charge in [0.1, 0.15) is 5.82 Å². The number of benzene rings is 1. The molecule has 22 heavy (non-hydrogen) atoms. The molecule has 0 bridgehead atoms. The van der Waals surface area contributed by atoms with E-state index >= 15 is 0 Å². The first kappa shape index (κ1) is 17.2. The molecule has 122 valence electrons. The molecule has 0 aliphatic carbocycles. The van der Waals surface area contributed by atoms with Crippen molar-refractivity contribution in [3.05, 3.63) is 34.6 Å². The lowest BCUT2D eigenvalue weighted by molar-refractivity contribution is 0.0901. The number of hydrogen-bond donors (Lipinski definition) is 1. The van der Waals surface area contributed by atoms with Crippen LogP contribution >= 0.6 is 11.6 Å². The third-order valence-electron chi connectivity index (χ3n) is 4.03. The number of hydrogen-bond acceptors (Lipinski definition) is 2. The van der Waals surface area contributed by atoms with E-state index in [9.17, 15) is 9.18 Å². The zero-order valence-electron chi connectivity index (χ0n) is 13.4. The summed E-state index contributed by atoms with van der Waals surface area (Å²) < 4.78 is 13.8. The Bertz CT molecular complexity index is 527. The highest BCUT2D eigenvalue weighted by Gasteiger charge is 2.23. The molecule has 1 heterocycles. The Kier molecular flexibility index (Phi) is 5.81. The standard InChI is InChI=1S/C17H24ClFN2O/c1-11-6-12(2)9-21(8-11)10-13(3)20-17(22)15-5-4-14(18)7-16(15)19/h4-5,7,11-13H,6,8-10H2,1-3H3,(H,20,22). The SMILES string of the molecule is CC1CC(C)CN(CC(C)NC(=O)c2ccc(Cl)cc2F)C1. The van der Waals surface area contributed by atoms with Crippen LogP contribution in [0.4, 0.5) is 4.39 Å². The second-order valence-corrected chi connectivity index (χ2v) is 7.10. The maximum absolute atomic E-state index is 13.8. The highest BCUT2D eigenvalue weighted by molar-refractivity contribution is 6.30. The minimum Gasteiger partial charge on any atom is -0.348 e. The van der Waals surface area contributed by atoms with Crippen molar-refractivity contribution >= 4 is 17.5 Å². The number of likely N-dealkylation sites (tertiary alicyclic amines) is 1. The van der Waals surface area contributed by atoms with Gasteiger partial charge >= 0.3 is 0 Å². The van der Waals surface area contributed by atoms with Crippen molar-refractivity contribution in [2.75, 3.05) is 19.6 Å². The van der Waals surface area contributed by atoms with E-state index in [2.05, 4.69) is 24.1 Å². The van der Waals surface area contributed by atoms with E-state index in [1.807, 2.05) is 6.92 Å². The van der Waals surface area contributed by atoms with Crippen LogP contribution in [-0.4, -0.2) is 36.5 Å². The molecule has 1 aliphatic heterocycles. The van der Waals surface area contributed by atoms with Crippen LogP contribution in [0.3, 0.4) is 0 Å². The number of halogens is 2. The second kappa shape index (κ2) is 7.42. The van der Waals surface area contributed by atoms with Gasteiger partial charge in [-0.2, -0.15) is 0 Å². The molecule has 1 N–H and O–H groups in total. The van der Waals surface area contributed by atoms with Gasteiger partial charge in [-0.15, -0.1) is 0 Å². The van der Waals surface area contributed by atoms with Crippen LogP contribution in [0.25, 0.3) is 0 Å². The first-order valence-corrected chi connectivity index (χ1v) is 8.21. The summed E-state index contributed by atoms with van der Waals surface area (Å²) in [5.74, 6) is 0.387. The van der Waals surface area contributed by atoms with E-state index in [1.54, 1.807) is 0 Å². The fourth-order valence-electron chi connectivity index (χ4n) is 3.35. The molecule has 1 aliphatic rings. The molecule has 3 unspecified atom stereocenters. The van der Waals surface area contributed by atoms with Gasteiger partial charge in [-0.25, -0.2) is 4.39 Å². The zero-order valence-corrected chi connectivity index (χ0v) is 14.2. The first-order chi connectivity index (χ1) is 10.3. The van der Waals surface area contributed by atoms with Crippen LogP contribution in [0.2, 0.25) is 5.02 Å². The minimum atomic E-state index is -0.586. The molecule has 0 saturated carbocycles. The topological polar surface area (TPSA) is 32.3 Å². The summed E-state index contributed by atoms with van der Waals surface area (Å²) >= 11 is 5.71. The van der Waals surface area contributed by atoms with Gasteiger partial charge in [0.2, 0.25) is 0 Å². The Morgan fingerprint density at radius 1 is 1.41 bits per heavy atom. The molecular formula is C17H24ClFN2O. The lowest BCUT2D eigenvalue weighted by atomic mass is 9.92. The Morgan fingerprint density at radius 3 is 2.64 bits per heavy atom. The highest BCUT2D eigenvalue weighted by Crippen LogP contribution is 2.21. The molecule has 3 nitrogen and oxygen atoms in total. The predicted molar refractivity (Wildman–Crippen MR) is 87.7 cm³/mol. The van der Waals surface area contributed by atoms with Crippen molar-refractivity contribution in [1.29, 1.82) is 0 Å². The van der Waals surface area contributed by atoms with Gasteiger partial charge < -0.3 is 10.2 Å². The van der Waals surface area contributed by atoms with E-state index in [0.717, 1.165) is 25.7 Å². The van der Waals surface area contributed by atoms with Crippen LogP contribution in [0.15, 0.2) is 18.2 Å². The van der Waals surface area contributed by atoms with Gasteiger partial charge in [0.15, 0.2) is 0 Å². The second-order valence-electron chi connectivity index (χ2n) is 6.66. The molecule has 3 atom stereocenters. The Morgan fingerprint density at radius 2 is 2.05 bits per heavy atom. The maximum atomic E-state index is 13.8. The van der Waals surface area contributed by atoms with Crippen molar-refractivity contribution in [3.63, 3.8) is 0 Å². The molecule has 1 aromatic rings. The number of rotatable bonds is 4. The van der Waals surface area contributed by atoms with Crippen LogP contribution < -0.4 is 5.32 Å². The average Bonchev–Trinajstić information content (AvgIpc) is 2.36. The highest BCUT2D eigenvalue weighted by atomic mass is 35.5. The molecule has 5 heteroatoms. The van der Waals surface area contributed by atoms with Gasteiger partial charge in [0, 0.05) is 30.7 Å². The normalized spacial score (nSPS) is 24.0. The molecule has 0 aromatic heterocycles. The molecular weight excluding hydrogens is 303 g/mol. The Balaban J connectivity index is 1.91. The van der Waals surface area contributed by atoms with Crippen molar-refractivity contribution in [1.82, 2.24) is 10.2 Å². The van der Waals surface area contributed by atoms with Gasteiger partial charge in [-0.1, -0.05) is 25.4 Å². The maximum Gasteiger partial charge on any atom is 0.254 e. The predicted octanol–water partition coefficient (Wildman–Crippen LogP) is 3.58. The number of piperidine rings is 1. The fourth-order valence-corrected chi connectivity index (χ4v) is 3.51. The van der Waals surface area contributed by atoms with E-state index < -0.39 is 5.82 Å². The van der Waals surface area contributed by atoms with E-state index in [1.165, 1.54) is 18.6 Å². The zero-order chi connectivity index (χ0) is 16.3. The number of carbonyl (C=O) groups is 1. The van der Waals surface area contributed by atoms with Gasteiger partial charge in [0.05, 0.1) is 5.56 Å². The van der Waals surface area contributed by atoms with Crippen LogP contribution in [0.5, 0.6) is 0 Å². The molecule has 0 radical (unpaired) electrons. The summed E-state index contributed by atoms with van der Waals surface area (Å²) in [5.41, 5.74) is 0.0385. The molecule has 1 saturated heterocycles. The molecule has 1 amide bonds. The van der Waals surface area contributed by atoms with Crippen molar-refractivity contribution in [2.24, 2.45) is 11.8 Å². The fraction of sp³-hybridized carbons (Fsp3) is 0.588. The molecule has 1 aromatic carbocycles. The summed E-state index contributed by atoms with van der Waals surface area (Å²) in [7, 11) is 0. The Labute approximate surface area is 136 Å². The summed E-state index contributed by atoms with van der Waals surface area (Å²) in [4.78, 5) is 14.5. The van der Waals surface area contributed by atoms with Crippen LogP contribution in [-0.2, 0) is 0 Å². The quantitative estimate of drug-likeness (QED) is 0.917. The monoisotopic (exact) mass is 326 g/mol. The summed E-state index contributed by atoms with van der Waals surface area (Å²) in [6, 6.07) is 4.08. The van der Waals surface area contributed by atoms with Crippen molar-refractivity contribution in [2.45, 2.75) is 33.2 Å². The third-order valence-corrected chi connectivity index (χ3v) is 4.26. The van der Waals surface area contributed by atoms with Crippen molar-refractivity contribution < 1.29 is 9.18 Å². The minimum absolute atomic E-state index is 0.0277. The lowest BCUT2D eigenvalue weighted by Gasteiger charge is -2.36. The lowest BCUT2D eigenvalue weighted by Crippen LogP contribution is -2.47.